The first-order chi connectivity index (χ1) is 12.9. The summed E-state index contributed by atoms with van der Waals surface area (Å²) in [5.74, 6) is 1.75. The standard InChI is InChI=1S/C20H31N5OS/c1-12(2)9-16(10-21)24-19(26)15-5-7-25(8-6-15)18-17-13(3)14(4)27-20(17)23-11-22-18/h11-12,15-16H,5-10,21H2,1-4H3,(H,24,26). The minimum Gasteiger partial charge on any atom is -0.356 e. The van der Waals surface area contributed by atoms with Crippen molar-refractivity contribution in [1.29, 1.82) is 0 Å². The van der Waals surface area contributed by atoms with Gasteiger partial charge >= 0.3 is 0 Å². The van der Waals surface area contributed by atoms with Crippen molar-refractivity contribution in [3.63, 3.8) is 0 Å². The van der Waals surface area contributed by atoms with Crippen LogP contribution in [0.1, 0.15) is 43.6 Å². The summed E-state index contributed by atoms with van der Waals surface area (Å²) in [4.78, 5) is 26.3. The van der Waals surface area contributed by atoms with Gasteiger partial charge in [0.25, 0.3) is 0 Å². The number of aromatic nitrogens is 2. The number of nitrogens with one attached hydrogen (secondary N) is 1. The maximum absolute atomic E-state index is 12.7. The molecule has 3 rings (SSSR count). The van der Waals surface area contributed by atoms with Gasteiger partial charge in [-0.15, -0.1) is 11.3 Å². The lowest BCUT2D eigenvalue weighted by Crippen LogP contribution is -2.46. The minimum atomic E-state index is 0.0603. The van der Waals surface area contributed by atoms with Gasteiger partial charge in [-0.05, 0) is 44.6 Å². The van der Waals surface area contributed by atoms with E-state index in [0.29, 0.717) is 12.5 Å². The molecular formula is C20H31N5OS. The lowest BCUT2D eigenvalue weighted by atomic mass is 9.94. The molecule has 7 heteroatoms. The minimum absolute atomic E-state index is 0.0603. The number of hydrogen-bond acceptors (Lipinski definition) is 6. The monoisotopic (exact) mass is 389 g/mol. The summed E-state index contributed by atoms with van der Waals surface area (Å²) in [6, 6.07) is 0.0773. The number of anilines is 1. The van der Waals surface area contributed by atoms with Crippen molar-refractivity contribution in [3.05, 3.63) is 16.8 Å². The second kappa shape index (κ2) is 8.52. The number of rotatable bonds is 6. The van der Waals surface area contributed by atoms with Crippen LogP contribution in [0.15, 0.2) is 6.33 Å². The van der Waals surface area contributed by atoms with Crippen LogP contribution in [0.5, 0.6) is 0 Å². The molecule has 1 unspecified atom stereocenters. The second-order valence-corrected chi connectivity index (χ2v) is 9.20. The highest BCUT2D eigenvalue weighted by Gasteiger charge is 2.28. The molecule has 0 bridgehead atoms. The lowest BCUT2D eigenvalue weighted by Gasteiger charge is -2.33. The quantitative estimate of drug-likeness (QED) is 0.793. The van der Waals surface area contributed by atoms with Crippen molar-refractivity contribution >= 4 is 33.3 Å². The van der Waals surface area contributed by atoms with Crippen LogP contribution in [0.4, 0.5) is 5.82 Å². The third-order valence-corrected chi connectivity index (χ3v) is 6.61. The van der Waals surface area contributed by atoms with Gasteiger partial charge in [0.15, 0.2) is 0 Å². The van der Waals surface area contributed by atoms with Gasteiger partial charge in [0, 0.05) is 36.5 Å². The molecule has 27 heavy (non-hydrogen) atoms. The average molecular weight is 390 g/mol. The summed E-state index contributed by atoms with van der Waals surface area (Å²) in [5.41, 5.74) is 7.10. The number of nitrogens with two attached hydrogens (primary N) is 1. The van der Waals surface area contributed by atoms with Crippen LogP contribution in [0, 0.1) is 25.7 Å². The van der Waals surface area contributed by atoms with Crippen LogP contribution in [0.25, 0.3) is 10.2 Å². The Kier molecular flexibility index (Phi) is 6.32. The Labute approximate surface area is 165 Å². The van der Waals surface area contributed by atoms with Gasteiger partial charge in [-0.2, -0.15) is 0 Å². The number of thiophene rings is 1. The molecule has 0 aromatic carbocycles. The van der Waals surface area contributed by atoms with Gasteiger partial charge in [0.2, 0.25) is 5.91 Å². The normalized spacial score (nSPS) is 16.9. The van der Waals surface area contributed by atoms with Crippen LogP contribution in [-0.2, 0) is 4.79 Å². The first-order valence-electron chi connectivity index (χ1n) is 9.86. The van der Waals surface area contributed by atoms with E-state index in [4.69, 9.17) is 5.73 Å². The summed E-state index contributed by atoms with van der Waals surface area (Å²) >= 11 is 1.72. The zero-order chi connectivity index (χ0) is 19.6. The Morgan fingerprint density at radius 2 is 2.04 bits per heavy atom. The summed E-state index contributed by atoms with van der Waals surface area (Å²) in [6.45, 7) is 10.8. The van der Waals surface area contributed by atoms with Crippen molar-refractivity contribution in [2.45, 2.75) is 53.0 Å². The van der Waals surface area contributed by atoms with Crippen LogP contribution < -0.4 is 16.0 Å². The molecule has 1 aliphatic rings. The fourth-order valence-corrected chi connectivity index (χ4v) is 4.85. The van der Waals surface area contributed by atoms with E-state index < -0.39 is 0 Å². The molecule has 1 aliphatic heterocycles. The fourth-order valence-electron chi connectivity index (χ4n) is 3.86. The first-order valence-corrected chi connectivity index (χ1v) is 10.7. The number of piperidine rings is 1. The Balaban J connectivity index is 1.65. The molecule has 3 heterocycles. The zero-order valence-electron chi connectivity index (χ0n) is 16.8. The van der Waals surface area contributed by atoms with E-state index in [1.54, 1.807) is 17.7 Å². The first kappa shape index (κ1) is 20.0. The number of amides is 1. The lowest BCUT2D eigenvalue weighted by molar-refractivity contribution is -0.126. The number of carbonyl (C=O) groups excluding carboxylic acids is 1. The maximum Gasteiger partial charge on any atom is 0.223 e. The van der Waals surface area contributed by atoms with Crippen molar-refractivity contribution in [3.8, 4) is 0 Å². The molecule has 2 aromatic rings. The van der Waals surface area contributed by atoms with Gasteiger partial charge < -0.3 is 16.0 Å². The highest BCUT2D eigenvalue weighted by Crippen LogP contribution is 2.35. The van der Waals surface area contributed by atoms with Crippen molar-refractivity contribution in [2.75, 3.05) is 24.5 Å². The van der Waals surface area contributed by atoms with E-state index in [2.05, 4.69) is 47.9 Å². The predicted octanol–water partition coefficient (Wildman–Crippen LogP) is 3.01. The van der Waals surface area contributed by atoms with E-state index in [0.717, 1.165) is 43.0 Å². The third-order valence-electron chi connectivity index (χ3n) is 5.50. The van der Waals surface area contributed by atoms with Gasteiger partial charge in [0.1, 0.15) is 17.0 Å². The topological polar surface area (TPSA) is 84.1 Å². The smallest absolute Gasteiger partial charge is 0.223 e. The van der Waals surface area contributed by atoms with Gasteiger partial charge in [-0.25, -0.2) is 9.97 Å². The second-order valence-electron chi connectivity index (χ2n) is 7.99. The van der Waals surface area contributed by atoms with E-state index in [1.165, 1.54) is 15.8 Å². The molecule has 148 valence electrons. The number of carbonyl (C=O) groups is 1. The Morgan fingerprint density at radius 1 is 1.33 bits per heavy atom. The van der Waals surface area contributed by atoms with E-state index in [1.807, 2.05) is 0 Å². The van der Waals surface area contributed by atoms with Crippen LogP contribution >= 0.6 is 11.3 Å². The summed E-state index contributed by atoms with van der Waals surface area (Å²) in [7, 11) is 0. The number of hydrogen-bond donors (Lipinski definition) is 2. The molecule has 0 aliphatic carbocycles. The van der Waals surface area contributed by atoms with Gasteiger partial charge in [0.05, 0.1) is 5.39 Å². The summed E-state index contributed by atoms with van der Waals surface area (Å²) in [6.07, 6.45) is 4.28. The Bertz CT molecular complexity index is 795. The summed E-state index contributed by atoms with van der Waals surface area (Å²) in [5, 5.41) is 4.33. The molecule has 1 fully saturated rings. The van der Waals surface area contributed by atoms with Crippen molar-refractivity contribution in [2.24, 2.45) is 17.6 Å². The number of fused-ring (bicyclic) bond motifs is 1. The molecule has 6 nitrogen and oxygen atoms in total. The molecule has 1 amide bonds. The maximum atomic E-state index is 12.7. The van der Waals surface area contributed by atoms with E-state index in [-0.39, 0.29) is 17.9 Å². The van der Waals surface area contributed by atoms with Crippen LogP contribution in [0.3, 0.4) is 0 Å². The molecular weight excluding hydrogens is 358 g/mol. The fraction of sp³-hybridized carbons (Fsp3) is 0.650. The molecule has 0 radical (unpaired) electrons. The molecule has 0 saturated carbocycles. The van der Waals surface area contributed by atoms with Gasteiger partial charge in [-0.1, -0.05) is 13.8 Å². The van der Waals surface area contributed by atoms with Crippen molar-refractivity contribution < 1.29 is 4.79 Å². The van der Waals surface area contributed by atoms with Crippen molar-refractivity contribution in [1.82, 2.24) is 15.3 Å². The molecule has 3 N–H and O–H groups in total. The number of nitrogens with zero attached hydrogens (tertiary/aromatic N) is 3. The molecule has 2 aromatic heterocycles. The molecule has 0 spiro atoms. The van der Waals surface area contributed by atoms with Crippen LogP contribution in [0.2, 0.25) is 0 Å². The molecule has 1 saturated heterocycles. The zero-order valence-corrected chi connectivity index (χ0v) is 17.6. The van der Waals surface area contributed by atoms with Crippen LogP contribution in [-0.4, -0.2) is 41.6 Å². The average Bonchev–Trinajstić information content (AvgIpc) is 2.95. The largest absolute Gasteiger partial charge is 0.356 e. The van der Waals surface area contributed by atoms with Gasteiger partial charge in [-0.3, -0.25) is 4.79 Å². The Morgan fingerprint density at radius 3 is 2.67 bits per heavy atom. The Hall–Kier alpha value is -1.73. The highest BCUT2D eigenvalue weighted by molar-refractivity contribution is 7.18. The molecule has 1 atom stereocenters. The van der Waals surface area contributed by atoms with E-state index in [9.17, 15) is 4.79 Å². The summed E-state index contributed by atoms with van der Waals surface area (Å²) < 4.78 is 0. The number of aryl methyl sites for hydroxylation is 2. The van der Waals surface area contributed by atoms with E-state index >= 15 is 0 Å². The third kappa shape index (κ3) is 4.41. The highest BCUT2D eigenvalue weighted by atomic mass is 32.1. The SMILES string of the molecule is Cc1sc2ncnc(N3CCC(C(=O)NC(CN)CC(C)C)CC3)c2c1C. The predicted molar refractivity (Wildman–Crippen MR) is 112 cm³/mol.